The second kappa shape index (κ2) is 9.34. The second-order valence-electron chi connectivity index (χ2n) is 7.59. The number of rotatable bonds is 5. The summed E-state index contributed by atoms with van der Waals surface area (Å²) in [5.74, 6) is -0.286. The highest BCUT2D eigenvalue weighted by atomic mass is 32.2. The van der Waals surface area contributed by atoms with Gasteiger partial charge in [0.25, 0.3) is 11.6 Å². The lowest BCUT2D eigenvalue weighted by molar-refractivity contribution is -0.387. The maximum atomic E-state index is 12.9. The number of nitro benzene ring substituents is 1. The zero-order valence-electron chi connectivity index (χ0n) is 17.9. The lowest BCUT2D eigenvalue weighted by Crippen LogP contribution is -2.50. The summed E-state index contributed by atoms with van der Waals surface area (Å²) in [5.41, 5.74) is 2.76. The molecule has 2 amide bonds. The van der Waals surface area contributed by atoms with Crippen LogP contribution in [-0.2, 0) is 9.59 Å². The number of aryl methyl sites for hydroxylation is 2. The molecule has 0 saturated carbocycles. The van der Waals surface area contributed by atoms with Crippen molar-refractivity contribution in [2.75, 3.05) is 26.2 Å². The van der Waals surface area contributed by atoms with Crippen LogP contribution in [-0.4, -0.2) is 52.7 Å². The van der Waals surface area contributed by atoms with Gasteiger partial charge in [-0.1, -0.05) is 42.1 Å². The highest BCUT2D eigenvalue weighted by molar-refractivity contribution is 7.99. The Balaban J connectivity index is 1.80. The standard InChI is InChI=1S/C23H25N3O4S/c1-15-5-7-21(16(2)13-15)31-22-8-6-19(14-20(22)26(29)30)17(3)23(28)25-11-9-24(10-12-25)18(4)27/h5-8,13-14H,3,9-12H2,1-2,4H3. The van der Waals surface area contributed by atoms with Crippen molar-refractivity contribution < 1.29 is 14.5 Å². The van der Waals surface area contributed by atoms with Crippen LogP contribution in [0.4, 0.5) is 5.69 Å². The molecule has 0 unspecified atom stereocenters. The number of nitrogens with zero attached hydrogens (tertiary/aromatic N) is 3. The molecule has 1 saturated heterocycles. The van der Waals surface area contributed by atoms with E-state index in [-0.39, 0.29) is 23.1 Å². The fourth-order valence-electron chi connectivity index (χ4n) is 3.51. The number of carbonyl (C=O) groups excluding carboxylic acids is 2. The van der Waals surface area contributed by atoms with Crippen LogP contribution in [0.3, 0.4) is 0 Å². The van der Waals surface area contributed by atoms with Gasteiger partial charge in [-0.15, -0.1) is 0 Å². The summed E-state index contributed by atoms with van der Waals surface area (Å²) in [7, 11) is 0. The fourth-order valence-corrected chi connectivity index (χ4v) is 4.47. The molecule has 1 fully saturated rings. The highest BCUT2D eigenvalue weighted by Crippen LogP contribution is 2.38. The number of carbonyl (C=O) groups is 2. The Bertz CT molecular complexity index is 1060. The first-order valence-corrected chi connectivity index (χ1v) is 10.8. The normalized spacial score (nSPS) is 13.8. The Kier molecular flexibility index (Phi) is 6.80. The van der Waals surface area contributed by atoms with Crippen LogP contribution in [0.1, 0.15) is 23.6 Å². The summed E-state index contributed by atoms with van der Waals surface area (Å²) in [6.45, 7) is 11.2. The van der Waals surface area contributed by atoms with Gasteiger partial charge in [0.1, 0.15) is 0 Å². The van der Waals surface area contributed by atoms with Crippen molar-refractivity contribution in [1.29, 1.82) is 0 Å². The highest BCUT2D eigenvalue weighted by Gasteiger charge is 2.26. The second-order valence-corrected chi connectivity index (χ2v) is 8.67. The van der Waals surface area contributed by atoms with Crippen molar-refractivity contribution in [3.05, 3.63) is 69.8 Å². The number of piperazine rings is 1. The first-order valence-electron chi connectivity index (χ1n) is 9.95. The molecule has 1 heterocycles. The van der Waals surface area contributed by atoms with E-state index in [1.54, 1.807) is 21.9 Å². The molecule has 0 atom stereocenters. The predicted octanol–water partition coefficient (Wildman–Crippen LogP) is 4.07. The molecular weight excluding hydrogens is 414 g/mol. The van der Waals surface area contributed by atoms with E-state index in [2.05, 4.69) is 6.58 Å². The molecule has 0 bridgehead atoms. The van der Waals surface area contributed by atoms with Gasteiger partial charge in [-0.3, -0.25) is 19.7 Å². The Hall–Kier alpha value is -3.13. The van der Waals surface area contributed by atoms with Crippen molar-refractivity contribution >= 4 is 34.8 Å². The van der Waals surface area contributed by atoms with Crippen molar-refractivity contribution in [3.8, 4) is 0 Å². The zero-order chi connectivity index (χ0) is 22.7. The molecular formula is C23H25N3O4S. The van der Waals surface area contributed by atoms with Crippen LogP contribution in [0.15, 0.2) is 52.8 Å². The molecule has 162 valence electrons. The number of amides is 2. The molecule has 31 heavy (non-hydrogen) atoms. The van der Waals surface area contributed by atoms with Crippen LogP contribution >= 0.6 is 11.8 Å². The summed E-state index contributed by atoms with van der Waals surface area (Å²) in [5, 5.41) is 11.7. The molecule has 0 aliphatic carbocycles. The van der Waals surface area contributed by atoms with Gasteiger partial charge in [0.2, 0.25) is 5.91 Å². The summed E-state index contributed by atoms with van der Waals surface area (Å²) in [6, 6.07) is 10.7. The largest absolute Gasteiger partial charge is 0.339 e. The summed E-state index contributed by atoms with van der Waals surface area (Å²) >= 11 is 1.33. The van der Waals surface area contributed by atoms with Gasteiger partial charge in [-0.2, -0.15) is 0 Å². The van der Waals surface area contributed by atoms with Crippen LogP contribution in [0.25, 0.3) is 5.57 Å². The number of hydrogen-bond donors (Lipinski definition) is 0. The van der Waals surface area contributed by atoms with Gasteiger partial charge in [-0.05, 0) is 37.1 Å². The van der Waals surface area contributed by atoms with Gasteiger partial charge in [0, 0.05) is 49.6 Å². The van der Waals surface area contributed by atoms with E-state index in [0.29, 0.717) is 36.6 Å². The number of hydrogen-bond acceptors (Lipinski definition) is 5. The maximum absolute atomic E-state index is 12.9. The predicted molar refractivity (Wildman–Crippen MR) is 121 cm³/mol. The molecule has 2 aromatic carbocycles. The topological polar surface area (TPSA) is 83.8 Å². The Morgan fingerprint density at radius 2 is 1.61 bits per heavy atom. The van der Waals surface area contributed by atoms with Crippen molar-refractivity contribution in [3.63, 3.8) is 0 Å². The summed E-state index contributed by atoms with van der Waals surface area (Å²) in [4.78, 5) is 40.4. The van der Waals surface area contributed by atoms with E-state index >= 15 is 0 Å². The van der Waals surface area contributed by atoms with Crippen LogP contribution < -0.4 is 0 Å². The quantitative estimate of drug-likeness (QED) is 0.398. The number of benzene rings is 2. The molecule has 0 radical (unpaired) electrons. The van der Waals surface area contributed by atoms with E-state index < -0.39 is 4.92 Å². The third kappa shape index (κ3) is 5.14. The van der Waals surface area contributed by atoms with Crippen LogP contribution in [0, 0.1) is 24.0 Å². The first-order chi connectivity index (χ1) is 14.7. The molecule has 0 aromatic heterocycles. The van der Waals surface area contributed by atoms with Crippen LogP contribution in [0.2, 0.25) is 0 Å². The smallest absolute Gasteiger partial charge is 0.283 e. The lowest BCUT2D eigenvalue weighted by Gasteiger charge is -2.34. The maximum Gasteiger partial charge on any atom is 0.283 e. The van der Waals surface area contributed by atoms with Gasteiger partial charge < -0.3 is 9.80 Å². The monoisotopic (exact) mass is 439 g/mol. The molecule has 7 nitrogen and oxygen atoms in total. The van der Waals surface area contributed by atoms with Gasteiger partial charge in [0.15, 0.2) is 0 Å². The Morgan fingerprint density at radius 1 is 1.00 bits per heavy atom. The van der Waals surface area contributed by atoms with Crippen molar-refractivity contribution in [1.82, 2.24) is 9.80 Å². The Labute approximate surface area is 185 Å². The molecule has 0 spiro atoms. The summed E-state index contributed by atoms with van der Waals surface area (Å²) < 4.78 is 0. The molecule has 0 N–H and O–H groups in total. The van der Waals surface area contributed by atoms with E-state index in [0.717, 1.165) is 16.0 Å². The van der Waals surface area contributed by atoms with Crippen molar-refractivity contribution in [2.24, 2.45) is 0 Å². The minimum atomic E-state index is -0.432. The van der Waals surface area contributed by atoms with Crippen LogP contribution in [0.5, 0.6) is 0 Å². The number of nitro groups is 1. The minimum absolute atomic E-state index is 0.0153. The Morgan fingerprint density at radius 3 is 2.19 bits per heavy atom. The summed E-state index contributed by atoms with van der Waals surface area (Å²) in [6.07, 6.45) is 0. The van der Waals surface area contributed by atoms with Gasteiger partial charge in [-0.25, -0.2) is 0 Å². The third-order valence-corrected chi connectivity index (χ3v) is 6.57. The average molecular weight is 440 g/mol. The molecule has 1 aliphatic rings. The molecule has 8 heteroatoms. The minimum Gasteiger partial charge on any atom is -0.339 e. The van der Waals surface area contributed by atoms with E-state index in [4.69, 9.17) is 0 Å². The molecule has 2 aromatic rings. The third-order valence-electron chi connectivity index (χ3n) is 5.32. The average Bonchev–Trinajstić information content (AvgIpc) is 2.74. The van der Waals surface area contributed by atoms with Gasteiger partial charge in [0.05, 0.1) is 9.82 Å². The van der Waals surface area contributed by atoms with Gasteiger partial charge >= 0.3 is 0 Å². The van der Waals surface area contributed by atoms with E-state index in [1.165, 1.54) is 24.8 Å². The van der Waals surface area contributed by atoms with E-state index in [9.17, 15) is 19.7 Å². The molecule has 3 rings (SSSR count). The van der Waals surface area contributed by atoms with Crippen molar-refractivity contribution in [2.45, 2.75) is 30.6 Å². The first kappa shape index (κ1) is 22.6. The fraction of sp³-hybridized carbons (Fsp3) is 0.304. The SMILES string of the molecule is C=C(C(=O)N1CCN(C(C)=O)CC1)c1ccc(Sc2ccc(C)cc2C)c([N+](=O)[O-])c1. The van der Waals surface area contributed by atoms with E-state index in [1.807, 2.05) is 32.0 Å². The lowest BCUT2D eigenvalue weighted by atomic mass is 10.1. The zero-order valence-corrected chi connectivity index (χ0v) is 18.7. The molecule has 1 aliphatic heterocycles.